The minimum Gasteiger partial charge on any atom is -0.484 e. The Bertz CT molecular complexity index is 1000. The van der Waals surface area contributed by atoms with Crippen molar-refractivity contribution in [1.29, 1.82) is 0 Å². The van der Waals surface area contributed by atoms with Crippen LogP contribution in [0.2, 0.25) is 0 Å². The lowest BCUT2D eigenvalue weighted by atomic mass is 9.99. The van der Waals surface area contributed by atoms with Crippen molar-refractivity contribution in [3.8, 4) is 5.75 Å². The highest BCUT2D eigenvalue weighted by Crippen LogP contribution is 2.23. The summed E-state index contributed by atoms with van der Waals surface area (Å²) in [5.74, 6) is 0.713. The van der Waals surface area contributed by atoms with E-state index in [1.807, 2.05) is 37.3 Å². The van der Waals surface area contributed by atoms with Gasteiger partial charge in [0.15, 0.2) is 6.61 Å². The Morgan fingerprint density at radius 2 is 1.89 bits per heavy atom. The van der Waals surface area contributed by atoms with E-state index in [0.717, 1.165) is 23.1 Å². The Morgan fingerprint density at radius 1 is 1.15 bits per heavy atom. The van der Waals surface area contributed by atoms with Crippen molar-refractivity contribution in [2.24, 2.45) is 0 Å². The van der Waals surface area contributed by atoms with E-state index in [4.69, 9.17) is 9.15 Å². The van der Waals surface area contributed by atoms with Crippen LogP contribution in [0.4, 0.5) is 5.69 Å². The molecule has 1 heterocycles. The Balaban J connectivity index is 1.62. The van der Waals surface area contributed by atoms with Crippen LogP contribution in [-0.4, -0.2) is 12.5 Å². The first-order valence-electron chi connectivity index (χ1n) is 9.03. The van der Waals surface area contributed by atoms with E-state index in [9.17, 15) is 9.59 Å². The minimum absolute atomic E-state index is 0.130. The van der Waals surface area contributed by atoms with E-state index < -0.39 is 5.63 Å². The smallest absolute Gasteiger partial charge is 0.336 e. The fourth-order valence-electron chi connectivity index (χ4n) is 2.87. The summed E-state index contributed by atoms with van der Waals surface area (Å²) in [6, 6.07) is 14.5. The van der Waals surface area contributed by atoms with E-state index in [2.05, 4.69) is 19.2 Å². The molecule has 5 nitrogen and oxygen atoms in total. The first kappa shape index (κ1) is 18.7. The zero-order valence-corrected chi connectivity index (χ0v) is 15.7. The Hall–Kier alpha value is -3.08. The number of nitrogens with one attached hydrogen (secondary N) is 1. The number of anilines is 1. The molecule has 0 aliphatic heterocycles. The first-order chi connectivity index (χ1) is 13.0. The second kappa shape index (κ2) is 8.08. The van der Waals surface area contributed by atoms with Gasteiger partial charge in [-0.2, -0.15) is 0 Å². The Kier molecular flexibility index (Phi) is 5.60. The van der Waals surface area contributed by atoms with Crippen molar-refractivity contribution < 1.29 is 13.9 Å². The molecular weight excluding hydrogens is 342 g/mol. The summed E-state index contributed by atoms with van der Waals surface area (Å²) >= 11 is 0. The number of carbonyl (C=O) groups excluding carboxylic acids is 1. The van der Waals surface area contributed by atoms with Gasteiger partial charge in [-0.25, -0.2) is 4.79 Å². The van der Waals surface area contributed by atoms with Gasteiger partial charge in [0.2, 0.25) is 0 Å². The van der Waals surface area contributed by atoms with Gasteiger partial charge in [0.05, 0.1) is 0 Å². The molecule has 0 bridgehead atoms. The minimum atomic E-state index is -0.407. The normalized spacial score (nSPS) is 12.0. The topological polar surface area (TPSA) is 68.5 Å². The fourth-order valence-corrected chi connectivity index (χ4v) is 2.87. The number of rotatable bonds is 6. The highest BCUT2D eigenvalue weighted by atomic mass is 16.5. The van der Waals surface area contributed by atoms with Gasteiger partial charge in [0.25, 0.3) is 5.91 Å². The van der Waals surface area contributed by atoms with E-state index in [-0.39, 0.29) is 12.5 Å². The highest BCUT2D eigenvalue weighted by Gasteiger charge is 2.08. The average molecular weight is 365 g/mol. The standard InChI is InChI=1S/C22H23NO4/c1-4-14(2)16-5-7-17(8-6-16)23-21(24)13-26-18-9-10-19-15(3)11-22(25)27-20(19)12-18/h5-12,14H,4,13H2,1-3H3,(H,23,24)/t14-/m1/s1. The molecule has 140 valence electrons. The third kappa shape index (κ3) is 4.56. The lowest BCUT2D eigenvalue weighted by Crippen LogP contribution is -2.20. The predicted octanol–water partition coefficient (Wildman–Crippen LogP) is 4.63. The van der Waals surface area contributed by atoms with Crippen LogP contribution in [0.15, 0.2) is 57.7 Å². The second-order valence-electron chi connectivity index (χ2n) is 6.67. The summed E-state index contributed by atoms with van der Waals surface area (Å²) in [5, 5.41) is 3.65. The van der Waals surface area contributed by atoms with E-state index in [1.54, 1.807) is 12.1 Å². The number of ether oxygens (including phenoxy) is 1. The van der Waals surface area contributed by atoms with Crippen molar-refractivity contribution in [3.05, 3.63) is 70.1 Å². The lowest BCUT2D eigenvalue weighted by molar-refractivity contribution is -0.118. The number of hydrogen-bond donors (Lipinski definition) is 1. The van der Waals surface area contributed by atoms with Crippen LogP contribution in [0.1, 0.15) is 37.3 Å². The Morgan fingerprint density at radius 3 is 2.59 bits per heavy atom. The lowest BCUT2D eigenvalue weighted by Gasteiger charge is -2.11. The first-order valence-corrected chi connectivity index (χ1v) is 9.03. The zero-order valence-electron chi connectivity index (χ0n) is 15.7. The molecule has 5 heteroatoms. The molecule has 0 aliphatic rings. The molecule has 0 saturated carbocycles. The molecule has 27 heavy (non-hydrogen) atoms. The van der Waals surface area contributed by atoms with Gasteiger partial charge in [-0.05, 0) is 54.7 Å². The maximum Gasteiger partial charge on any atom is 0.336 e. The molecule has 0 spiro atoms. The molecule has 0 saturated heterocycles. The maximum atomic E-state index is 12.1. The van der Waals surface area contributed by atoms with Crippen LogP contribution in [-0.2, 0) is 4.79 Å². The van der Waals surface area contributed by atoms with Crippen molar-refractivity contribution >= 4 is 22.6 Å². The quantitative estimate of drug-likeness (QED) is 0.647. The molecule has 2 aromatic carbocycles. The van der Waals surface area contributed by atoms with Crippen molar-refractivity contribution in [2.45, 2.75) is 33.1 Å². The van der Waals surface area contributed by atoms with Crippen LogP contribution in [0.5, 0.6) is 5.75 Å². The zero-order chi connectivity index (χ0) is 19.4. The molecule has 0 aliphatic carbocycles. The van der Waals surface area contributed by atoms with E-state index in [0.29, 0.717) is 17.3 Å². The maximum absolute atomic E-state index is 12.1. The molecule has 0 radical (unpaired) electrons. The van der Waals surface area contributed by atoms with Gasteiger partial charge in [0, 0.05) is 23.2 Å². The molecule has 1 atom stereocenters. The largest absolute Gasteiger partial charge is 0.484 e. The van der Waals surface area contributed by atoms with Crippen molar-refractivity contribution in [3.63, 3.8) is 0 Å². The summed E-state index contributed by atoms with van der Waals surface area (Å²) in [5.41, 5.74) is 2.86. The summed E-state index contributed by atoms with van der Waals surface area (Å²) in [4.78, 5) is 23.6. The van der Waals surface area contributed by atoms with Gasteiger partial charge in [-0.1, -0.05) is 26.0 Å². The molecule has 1 amide bonds. The van der Waals surface area contributed by atoms with Gasteiger partial charge < -0.3 is 14.5 Å². The van der Waals surface area contributed by atoms with Gasteiger partial charge in [-0.15, -0.1) is 0 Å². The average Bonchev–Trinajstić information content (AvgIpc) is 2.66. The van der Waals surface area contributed by atoms with E-state index in [1.165, 1.54) is 11.6 Å². The Labute approximate surface area is 158 Å². The number of hydrogen-bond acceptors (Lipinski definition) is 4. The third-order valence-corrected chi connectivity index (χ3v) is 4.67. The molecule has 1 aromatic heterocycles. The van der Waals surface area contributed by atoms with E-state index >= 15 is 0 Å². The number of carbonyl (C=O) groups is 1. The van der Waals surface area contributed by atoms with Crippen molar-refractivity contribution in [2.75, 3.05) is 11.9 Å². The molecular formula is C22H23NO4. The van der Waals surface area contributed by atoms with Gasteiger partial charge in [-0.3, -0.25) is 4.79 Å². The number of aryl methyl sites for hydroxylation is 1. The summed E-state index contributed by atoms with van der Waals surface area (Å²) in [7, 11) is 0. The highest BCUT2D eigenvalue weighted by molar-refractivity contribution is 5.92. The van der Waals surface area contributed by atoms with Gasteiger partial charge in [0.1, 0.15) is 11.3 Å². The summed E-state index contributed by atoms with van der Waals surface area (Å²) in [6.07, 6.45) is 1.07. The summed E-state index contributed by atoms with van der Waals surface area (Å²) < 4.78 is 10.7. The van der Waals surface area contributed by atoms with Crippen LogP contribution in [0.25, 0.3) is 11.0 Å². The summed E-state index contributed by atoms with van der Waals surface area (Å²) in [6.45, 7) is 6.04. The molecule has 3 aromatic rings. The molecule has 0 fully saturated rings. The van der Waals surface area contributed by atoms with Crippen LogP contribution in [0, 0.1) is 6.92 Å². The second-order valence-corrected chi connectivity index (χ2v) is 6.67. The third-order valence-electron chi connectivity index (χ3n) is 4.67. The monoisotopic (exact) mass is 365 g/mol. The molecule has 0 unspecified atom stereocenters. The van der Waals surface area contributed by atoms with Crippen LogP contribution in [0.3, 0.4) is 0 Å². The molecule has 1 N–H and O–H groups in total. The van der Waals surface area contributed by atoms with Crippen molar-refractivity contribution in [1.82, 2.24) is 0 Å². The number of amides is 1. The number of fused-ring (bicyclic) bond motifs is 1. The molecule has 3 rings (SSSR count). The SMILES string of the molecule is CC[C@@H](C)c1ccc(NC(=O)COc2ccc3c(C)cc(=O)oc3c2)cc1. The predicted molar refractivity (Wildman–Crippen MR) is 106 cm³/mol. The number of benzene rings is 2. The van der Waals surface area contributed by atoms with Gasteiger partial charge >= 0.3 is 5.63 Å². The van der Waals surface area contributed by atoms with Crippen LogP contribution < -0.4 is 15.7 Å². The fraction of sp³-hybridized carbons (Fsp3) is 0.273. The van der Waals surface area contributed by atoms with Crippen LogP contribution >= 0.6 is 0 Å².